The highest BCUT2D eigenvalue weighted by atomic mass is 16.5. The topological polar surface area (TPSA) is 52.9 Å². The molecule has 3 fully saturated rings. The zero-order chi connectivity index (χ0) is 20.3. The van der Waals surface area contributed by atoms with Gasteiger partial charge in [-0.15, -0.1) is 0 Å². The number of aliphatic hydroxyl groups excluding tert-OH is 2. The highest BCUT2D eigenvalue weighted by Gasteiger charge is 2.61. The van der Waals surface area contributed by atoms with Gasteiger partial charge in [-0.3, -0.25) is 4.90 Å². The molecule has 0 radical (unpaired) electrons. The minimum absolute atomic E-state index is 0.106. The van der Waals surface area contributed by atoms with Gasteiger partial charge in [-0.2, -0.15) is 0 Å². The van der Waals surface area contributed by atoms with Crippen LogP contribution in [0.1, 0.15) is 87.0 Å². The zero-order valence-electron chi connectivity index (χ0n) is 18.7. The predicted octanol–water partition coefficient (Wildman–Crippen LogP) is 3.98. The standard InChI is InChI=1S/C23H43NO3/c1-20(2)13-18(26)14-21(3,4)24(20)15-17(25)9-11-27-19-12-16-8-10-23(19,7)22(16,5)6/h16-19,25-26H,8-15H2,1-7H3/t16-,17-,19+,23-/m0/s1. The molecule has 2 N–H and O–H groups in total. The molecule has 4 nitrogen and oxygen atoms in total. The smallest absolute Gasteiger partial charge is 0.0689 e. The largest absolute Gasteiger partial charge is 0.393 e. The number of nitrogens with zero attached hydrogens (tertiary/aromatic N) is 1. The molecule has 1 heterocycles. The third kappa shape index (κ3) is 3.72. The minimum atomic E-state index is -0.391. The van der Waals surface area contributed by atoms with Crippen LogP contribution >= 0.6 is 0 Å². The number of likely N-dealkylation sites (tertiary alicyclic amines) is 1. The molecule has 0 spiro atoms. The van der Waals surface area contributed by atoms with Gasteiger partial charge in [0.05, 0.1) is 18.3 Å². The van der Waals surface area contributed by atoms with Crippen LogP contribution in [0.2, 0.25) is 0 Å². The van der Waals surface area contributed by atoms with E-state index in [1.807, 2.05) is 0 Å². The number of piperidine rings is 1. The molecule has 1 saturated heterocycles. The molecule has 0 aromatic carbocycles. The lowest BCUT2D eigenvalue weighted by Crippen LogP contribution is -2.63. The van der Waals surface area contributed by atoms with Gasteiger partial charge in [0.15, 0.2) is 0 Å². The number of fused-ring (bicyclic) bond motifs is 2. The summed E-state index contributed by atoms with van der Waals surface area (Å²) in [7, 11) is 0. The summed E-state index contributed by atoms with van der Waals surface area (Å²) in [5.74, 6) is 0.791. The van der Waals surface area contributed by atoms with Crippen molar-refractivity contribution in [3.8, 4) is 0 Å². The van der Waals surface area contributed by atoms with E-state index in [9.17, 15) is 10.2 Å². The lowest BCUT2D eigenvalue weighted by atomic mass is 9.70. The Morgan fingerprint density at radius 3 is 2.11 bits per heavy atom. The van der Waals surface area contributed by atoms with Crippen LogP contribution < -0.4 is 0 Å². The number of hydrogen-bond acceptors (Lipinski definition) is 4. The Hall–Kier alpha value is -0.160. The third-order valence-corrected chi connectivity index (χ3v) is 8.81. The lowest BCUT2D eigenvalue weighted by Gasteiger charge is -2.55. The van der Waals surface area contributed by atoms with Crippen LogP contribution in [0.3, 0.4) is 0 Å². The molecule has 0 unspecified atom stereocenters. The van der Waals surface area contributed by atoms with Gasteiger partial charge in [0.25, 0.3) is 0 Å². The molecule has 158 valence electrons. The van der Waals surface area contributed by atoms with Gasteiger partial charge in [0, 0.05) is 24.2 Å². The van der Waals surface area contributed by atoms with Crippen LogP contribution in [0.4, 0.5) is 0 Å². The summed E-state index contributed by atoms with van der Waals surface area (Å²) in [6, 6.07) is 0. The summed E-state index contributed by atoms with van der Waals surface area (Å²) in [5.41, 5.74) is 0.449. The molecule has 4 heteroatoms. The van der Waals surface area contributed by atoms with Crippen molar-refractivity contribution >= 4 is 0 Å². The first-order valence-corrected chi connectivity index (χ1v) is 11.0. The maximum absolute atomic E-state index is 10.7. The van der Waals surface area contributed by atoms with Crippen molar-refractivity contribution in [3.05, 3.63) is 0 Å². The average Bonchev–Trinajstić information content (AvgIpc) is 2.83. The summed E-state index contributed by atoms with van der Waals surface area (Å²) in [6.45, 7) is 17.2. The second-order valence-corrected chi connectivity index (χ2v) is 11.7. The fourth-order valence-electron chi connectivity index (χ4n) is 6.79. The molecular weight excluding hydrogens is 338 g/mol. The van der Waals surface area contributed by atoms with Gasteiger partial charge in [0.1, 0.15) is 0 Å². The van der Waals surface area contributed by atoms with Crippen molar-refractivity contribution < 1.29 is 14.9 Å². The number of aliphatic hydroxyl groups is 2. The van der Waals surface area contributed by atoms with Crippen molar-refractivity contribution in [3.63, 3.8) is 0 Å². The summed E-state index contributed by atoms with van der Waals surface area (Å²) in [4.78, 5) is 2.39. The molecule has 3 rings (SSSR count). The maximum Gasteiger partial charge on any atom is 0.0689 e. The molecule has 2 aliphatic carbocycles. The lowest BCUT2D eigenvalue weighted by molar-refractivity contribution is -0.103. The quantitative estimate of drug-likeness (QED) is 0.731. The first-order valence-electron chi connectivity index (χ1n) is 11.0. The first-order chi connectivity index (χ1) is 12.3. The third-order valence-electron chi connectivity index (χ3n) is 8.81. The van der Waals surface area contributed by atoms with E-state index >= 15 is 0 Å². The van der Waals surface area contributed by atoms with Crippen LogP contribution in [-0.4, -0.2) is 57.7 Å². The van der Waals surface area contributed by atoms with Crippen molar-refractivity contribution in [1.29, 1.82) is 0 Å². The Kier molecular flexibility index (Phi) is 5.56. The highest BCUT2D eigenvalue weighted by Crippen LogP contribution is 2.66. The fraction of sp³-hybridized carbons (Fsp3) is 1.00. The number of hydrogen-bond donors (Lipinski definition) is 2. The molecule has 27 heavy (non-hydrogen) atoms. The monoisotopic (exact) mass is 381 g/mol. The molecule has 3 aliphatic rings. The highest BCUT2D eigenvalue weighted by molar-refractivity contribution is 5.11. The van der Waals surface area contributed by atoms with Crippen molar-refractivity contribution in [2.45, 2.75) is 116 Å². The van der Waals surface area contributed by atoms with Crippen LogP contribution in [-0.2, 0) is 4.74 Å². The number of β-amino-alcohol motifs (C(OH)–C–C–N with tert-alkyl or cyclic N) is 1. The van der Waals surface area contributed by atoms with Crippen molar-refractivity contribution in [2.75, 3.05) is 13.2 Å². The minimum Gasteiger partial charge on any atom is -0.393 e. The molecular formula is C23H43NO3. The van der Waals surface area contributed by atoms with Gasteiger partial charge in [-0.05, 0) is 83.0 Å². The fourth-order valence-corrected chi connectivity index (χ4v) is 6.79. The predicted molar refractivity (Wildman–Crippen MR) is 110 cm³/mol. The summed E-state index contributed by atoms with van der Waals surface area (Å²) < 4.78 is 6.34. The van der Waals surface area contributed by atoms with E-state index < -0.39 is 6.10 Å². The molecule has 0 aromatic heterocycles. The number of ether oxygens (including phenoxy) is 1. The second-order valence-electron chi connectivity index (χ2n) is 11.7. The zero-order valence-corrected chi connectivity index (χ0v) is 18.7. The SMILES string of the molecule is CC1(C)CC(O)CC(C)(C)N1C[C@@H](O)CCO[C@@H]1C[C@@H]2CC[C@]1(C)C2(C)C. The van der Waals surface area contributed by atoms with Gasteiger partial charge >= 0.3 is 0 Å². The molecule has 2 bridgehead atoms. The summed E-state index contributed by atoms with van der Waals surface area (Å²) >= 11 is 0. The van der Waals surface area contributed by atoms with Crippen LogP contribution in [0.5, 0.6) is 0 Å². The van der Waals surface area contributed by atoms with Crippen molar-refractivity contribution in [1.82, 2.24) is 4.90 Å². The molecule has 0 aromatic rings. The van der Waals surface area contributed by atoms with Gasteiger partial charge < -0.3 is 14.9 Å². The maximum atomic E-state index is 10.7. The summed E-state index contributed by atoms with van der Waals surface area (Å²) in [6.07, 6.45) is 5.70. The van der Waals surface area contributed by atoms with E-state index in [1.165, 1.54) is 19.3 Å². The molecule has 4 atom stereocenters. The molecule has 0 amide bonds. The molecule has 2 saturated carbocycles. The molecule has 1 aliphatic heterocycles. The van der Waals surface area contributed by atoms with Gasteiger partial charge in [-0.1, -0.05) is 20.8 Å². The van der Waals surface area contributed by atoms with E-state index in [-0.39, 0.29) is 22.6 Å². The van der Waals surface area contributed by atoms with Crippen LogP contribution in [0.25, 0.3) is 0 Å². The normalized spacial score (nSPS) is 39.0. The van der Waals surface area contributed by atoms with E-state index in [2.05, 4.69) is 53.4 Å². The second kappa shape index (κ2) is 6.97. The Morgan fingerprint density at radius 2 is 1.63 bits per heavy atom. The van der Waals surface area contributed by atoms with Crippen LogP contribution in [0, 0.1) is 16.7 Å². The van der Waals surface area contributed by atoms with E-state index in [0.29, 0.717) is 31.1 Å². The van der Waals surface area contributed by atoms with E-state index in [4.69, 9.17) is 4.74 Å². The Bertz CT molecular complexity index is 526. The summed E-state index contributed by atoms with van der Waals surface area (Å²) in [5, 5.41) is 20.9. The van der Waals surface area contributed by atoms with E-state index in [0.717, 1.165) is 18.8 Å². The van der Waals surface area contributed by atoms with Crippen LogP contribution in [0.15, 0.2) is 0 Å². The van der Waals surface area contributed by atoms with Gasteiger partial charge in [-0.25, -0.2) is 0 Å². The van der Waals surface area contributed by atoms with E-state index in [1.54, 1.807) is 0 Å². The Balaban J connectivity index is 1.51. The Morgan fingerprint density at radius 1 is 1.04 bits per heavy atom. The number of rotatable bonds is 6. The first kappa shape index (κ1) is 21.5. The van der Waals surface area contributed by atoms with Gasteiger partial charge in [0.2, 0.25) is 0 Å². The van der Waals surface area contributed by atoms with Crippen molar-refractivity contribution in [2.24, 2.45) is 16.7 Å². The Labute approximate surface area is 166 Å². The average molecular weight is 382 g/mol.